The molecule has 138 valence electrons. The standard InChI is InChI=1S/C21H25ClN2O2/c1-14-8-10-24(11-9-14)21(26)16-6-7-18(15(2)12-16)23-13-17-4-3-5-19(25)20(17)22/h3-7,12,14,23,25H,8-11,13H2,1-2H3. The summed E-state index contributed by atoms with van der Waals surface area (Å²) in [4.78, 5) is 14.6. The average molecular weight is 373 g/mol. The van der Waals surface area contributed by atoms with Crippen LogP contribution in [0.2, 0.25) is 5.02 Å². The Morgan fingerprint density at radius 1 is 1.27 bits per heavy atom. The van der Waals surface area contributed by atoms with E-state index in [9.17, 15) is 9.90 Å². The van der Waals surface area contributed by atoms with Crippen molar-refractivity contribution < 1.29 is 9.90 Å². The van der Waals surface area contributed by atoms with Gasteiger partial charge in [0.1, 0.15) is 5.75 Å². The van der Waals surface area contributed by atoms with Crippen LogP contribution in [0.15, 0.2) is 36.4 Å². The maximum Gasteiger partial charge on any atom is 0.253 e. The Balaban J connectivity index is 1.67. The normalized spacial score (nSPS) is 15.1. The molecule has 3 rings (SSSR count). The SMILES string of the molecule is Cc1cc(C(=O)N2CCC(C)CC2)ccc1NCc1cccc(O)c1Cl. The molecule has 2 aromatic carbocycles. The zero-order valence-corrected chi connectivity index (χ0v) is 16.0. The topological polar surface area (TPSA) is 52.6 Å². The van der Waals surface area contributed by atoms with E-state index in [1.807, 2.05) is 36.1 Å². The molecule has 1 aliphatic heterocycles. The molecule has 0 aromatic heterocycles. The molecule has 0 saturated carbocycles. The maximum absolute atomic E-state index is 12.7. The van der Waals surface area contributed by atoms with Gasteiger partial charge in [-0.05, 0) is 61.1 Å². The average Bonchev–Trinajstić information content (AvgIpc) is 2.64. The van der Waals surface area contributed by atoms with Crippen LogP contribution in [0.3, 0.4) is 0 Å². The zero-order valence-electron chi connectivity index (χ0n) is 15.3. The fourth-order valence-corrected chi connectivity index (χ4v) is 3.48. The number of carbonyl (C=O) groups excluding carboxylic acids is 1. The highest BCUT2D eigenvalue weighted by molar-refractivity contribution is 6.32. The third kappa shape index (κ3) is 4.13. The number of nitrogens with one attached hydrogen (secondary N) is 1. The van der Waals surface area contributed by atoms with Crippen molar-refractivity contribution in [2.24, 2.45) is 5.92 Å². The number of nitrogens with zero attached hydrogens (tertiary/aromatic N) is 1. The highest BCUT2D eigenvalue weighted by Crippen LogP contribution is 2.28. The van der Waals surface area contributed by atoms with Gasteiger partial charge in [-0.15, -0.1) is 0 Å². The van der Waals surface area contributed by atoms with Crippen molar-refractivity contribution in [1.29, 1.82) is 0 Å². The monoisotopic (exact) mass is 372 g/mol. The lowest BCUT2D eigenvalue weighted by Gasteiger charge is -2.30. The summed E-state index contributed by atoms with van der Waals surface area (Å²) >= 11 is 6.12. The first-order valence-corrected chi connectivity index (χ1v) is 9.43. The molecule has 1 amide bonds. The second-order valence-corrected chi connectivity index (χ2v) is 7.49. The van der Waals surface area contributed by atoms with Gasteiger partial charge in [-0.1, -0.05) is 30.7 Å². The first kappa shape index (κ1) is 18.6. The molecule has 2 aromatic rings. The number of amides is 1. The van der Waals surface area contributed by atoms with Gasteiger partial charge in [0.15, 0.2) is 0 Å². The number of benzene rings is 2. The molecule has 0 aliphatic carbocycles. The van der Waals surface area contributed by atoms with E-state index in [2.05, 4.69) is 12.2 Å². The van der Waals surface area contributed by atoms with Crippen LogP contribution in [0.5, 0.6) is 5.75 Å². The number of rotatable bonds is 4. The van der Waals surface area contributed by atoms with E-state index in [0.717, 1.165) is 48.3 Å². The van der Waals surface area contributed by atoms with Crippen molar-refractivity contribution in [2.75, 3.05) is 18.4 Å². The first-order chi connectivity index (χ1) is 12.5. The lowest BCUT2D eigenvalue weighted by Crippen LogP contribution is -2.37. The van der Waals surface area contributed by atoms with Crippen LogP contribution >= 0.6 is 11.6 Å². The Hall–Kier alpha value is -2.20. The second-order valence-electron chi connectivity index (χ2n) is 7.11. The van der Waals surface area contributed by atoms with Gasteiger partial charge in [0, 0.05) is 30.9 Å². The summed E-state index contributed by atoms with van der Waals surface area (Å²) in [5.41, 5.74) is 3.53. The van der Waals surface area contributed by atoms with E-state index < -0.39 is 0 Å². The van der Waals surface area contributed by atoms with Crippen molar-refractivity contribution in [3.63, 3.8) is 0 Å². The number of carbonyl (C=O) groups is 1. The number of halogens is 1. The second kappa shape index (κ2) is 8.00. The molecule has 1 aliphatic rings. The third-order valence-corrected chi connectivity index (χ3v) is 5.51. The number of hydrogen-bond acceptors (Lipinski definition) is 3. The Bertz CT molecular complexity index is 799. The minimum atomic E-state index is 0.0829. The number of aromatic hydroxyl groups is 1. The van der Waals surface area contributed by atoms with Crippen molar-refractivity contribution >= 4 is 23.2 Å². The fraction of sp³-hybridized carbons (Fsp3) is 0.381. The number of aryl methyl sites for hydroxylation is 1. The first-order valence-electron chi connectivity index (χ1n) is 9.06. The van der Waals surface area contributed by atoms with Gasteiger partial charge in [-0.3, -0.25) is 4.79 Å². The van der Waals surface area contributed by atoms with E-state index >= 15 is 0 Å². The van der Waals surface area contributed by atoms with E-state index in [0.29, 0.717) is 17.5 Å². The molecule has 1 heterocycles. The fourth-order valence-electron chi connectivity index (χ4n) is 3.28. The van der Waals surface area contributed by atoms with Gasteiger partial charge in [0.05, 0.1) is 5.02 Å². The largest absolute Gasteiger partial charge is 0.506 e. The van der Waals surface area contributed by atoms with Crippen LogP contribution in [-0.4, -0.2) is 29.0 Å². The molecular formula is C21H25ClN2O2. The molecule has 0 bridgehead atoms. The summed E-state index contributed by atoms with van der Waals surface area (Å²) in [5.74, 6) is 0.902. The van der Waals surface area contributed by atoms with Gasteiger partial charge in [0.25, 0.3) is 5.91 Å². The minimum Gasteiger partial charge on any atom is -0.506 e. The molecule has 0 unspecified atom stereocenters. The maximum atomic E-state index is 12.7. The summed E-state index contributed by atoms with van der Waals surface area (Å²) in [6.45, 7) is 6.42. The van der Waals surface area contributed by atoms with Gasteiger partial charge < -0.3 is 15.3 Å². The molecule has 2 N–H and O–H groups in total. The van der Waals surface area contributed by atoms with Gasteiger partial charge in [0.2, 0.25) is 0 Å². The Labute approximate surface area is 159 Å². The lowest BCUT2D eigenvalue weighted by atomic mass is 9.98. The lowest BCUT2D eigenvalue weighted by molar-refractivity contribution is 0.0697. The van der Waals surface area contributed by atoms with E-state index in [4.69, 9.17) is 11.6 Å². The summed E-state index contributed by atoms with van der Waals surface area (Å²) < 4.78 is 0. The van der Waals surface area contributed by atoms with Crippen LogP contribution in [0.4, 0.5) is 5.69 Å². The van der Waals surface area contributed by atoms with Crippen LogP contribution < -0.4 is 5.32 Å². The molecule has 1 fully saturated rings. The van der Waals surface area contributed by atoms with Crippen molar-refractivity contribution in [1.82, 2.24) is 4.90 Å². The molecule has 5 heteroatoms. The summed E-state index contributed by atoms with van der Waals surface area (Å²) in [7, 11) is 0. The molecule has 0 radical (unpaired) electrons. The summed E-state index contributed by atoms with van der Waals surface area (Å²) in [5, 5.41) is 13.4. The molecule has 26 heavy (non-hydrogen) atoms. The molecule has 1 saturated heterocycles. The van der Waals surface area contributed by atoms with Gasteiger partial charge in [-0.25, -0.2) is 0 Å². The predicted molar refractivity (Wildman–Crippen MR) is 106 cm³/mol. The minimum absolute atomic E-state index is 0.0829. The number of likely N-dealkylation sites (tertiary alicyclic amines) is 1. The van der Waals surface area contributed by atoms with E-state index in [-0.39, 0.29) is 11.7 Å². The smallest absolute Gasteiger partial charge is 0.253 e. The number of hydrogen-bond donors (Lipinski definition) is 2. The van der Waals surface area contributed by atoms with E-state index in [1.165, 1.54) is 0 Å². The highest BCUT2D eigenvalue weighted by atomic mass is 35.5. The number of phenolic OH excluding ortho intramolecular Hbond substituents is 1. The number of piperidine rings is 1. The van der Waals surface area contributed by atoms with Crippen LogP contribution in [0, 0.1) is 12.8 Å². The van der Waals surface area contributed by atoms with Gasteiger partial charge >= 0.3 is 0 Å². The summed E-state index contributed by atoms with van der Waals surface area (Å²) in [6, 6.07) is 11.0. The van der Waals surface area contributed by atoms with Crippen LogP contribution in [0.25, 0.3) is 0 Å². The Morgan fingerprint density at radius 2 is 2.00 bits per heavy atom. The van der Waals surface area contributed by atoms with Crippen LogP contribution in [-0.2, 0) is 6.54 Å². The molecular weight excluding hydrogens is 348 g/mol. The zero-order chi connectivity index (χ0) is 18.7. The van der Waals surface area contributed by atoms with Crippen molar-refractivity contribution in [3.05, 3.63) is 58.1 Å². The highest BCUT2D eigenvalue weighted by Gasteiger charge is 2.21. The van der Waals surface area contributed by atoms with Crippen molar-refractivity contribution in [2.45, 2.75) is 33.2 Å². The quantitative estimate of drug-likeness (QED) is 0.807. The molecule has 0 spiro atoms. The molecule has 0 atom stereocenters. The Kier molecular flexibility index (Phi) is 5.72. The van der Waals surface area contributed by atoms with E-state index in [1.54, 1.807) is 12.1 Å². The van der Waals surface area contributed by atoms with Crippen LogP contribution in [0.1, 0.15) is 41.3 Å². The number of anilines is 1. The molecule has 4 nitrogen and oxygen atoms in total. The summed E-state index contributed by atoms with van der Waals surface area (Å²) in [6.07, 6.45) is 2.16. The van der Waals surface area contributed by atoms with Gasteiger partial charge in [-0.2, -0.15) is 0 Å². The predicted octanol–water partition coefficient (Wildman–Crippen LogP) is 4.84. The number of phenols is 1. The van der Waals surface area contributed by atoms with Crippen molar-refractivity contribution in [3.8, 4) is 5.75 Å². The third-order valence-electron chi connectivity index (χ3n) is 5.07. The Morgan fingerprint density at radius 3 is 2.69 bits per heavy atom.